The van der Waals surface area contributed by atoms with Crippen molar-refractivity contribution < 1.29 is 0 Å². The molecule has 0 saturated heterocycles. The Morgan fingerprint density at radius 2 is 1.65 bits per heavy atom. The fourth-order valence-electron chi connectivity index (χ4n) is 3.63. The number of hydrogen-bond donors (Lipinski definition) is 1. The average Bonchev–Trinajstić information content (AvgIpc) is 2.83. The number of rotatable bonds is 5. The number of hydrogen-bond acceptors (Lipinski definition) is 5. The summed E-state index contributed by atoms with van der Waals surface area (Å²) in [4.78, 5) is 9.12. The Balaban J connectivity index is 1.35. The number of fused-ring (bicyclic) bond motifs is 1. The molecule has 31 heavy (non-hydrogen) atoms. The summed E-state index contributed by atoms with van der Waals surface area (Å²) in [6, 6.07) is 23.2. The van der Waals surface area contributed by atoms with Gasteiger partial charge in [0.25, 0.3) is 0 Å². The van der Waals surface area contributed by atoms with Crippen molar-refractivity contribution in [2.75, 3.05) is 5.32 Å². The number of anilines is 1. The molecule has 2 aromatic carbocycles. The Hall–Kier alpha value is -4.12. The second-order valence-corrected chi connectivity index (χ2v) is 7.50. The van der Waals surface area contributed by atoms with Crippen molar-refractivity contribution in [3.8, 4) is 22.4 Å². The minimum Gasteiger partial charge on any atom is -0.365 e. The maximum atomic E-state index is 4.60. The SMILES string of the molecule is Cc1cccc(-c2ccc(CNc3nccc4cc(-c5ccnnc5)ncc34)cc2)c1. The van der Waals surface area contributed by atoms with Gasteiger partial charge in [-0.25, -0.2) is 4.98 Å². The van der Waals surface area contributed by atoms with Crippen molar-refractivity contribution in [3.63, 3.8) is 0 Å². The predicted molar refractivity (Wildman–Crippen MR) is 125 cm³/mol. The van der Waals surface area contributed by atoms with Crippen LogP contribution in [0.1, 0.15) is 11.1 Å². The summed E-state index contributed by atoms with van der Waals surface area (Å²) in [5.41, 5.74) is 6.73. The van der Waals surface area contributed by atoms with Crippen molar-refractivity contribution in [2.24, 2.45) is 0 Å². The van der Waals surface area contributed by atoms with Crippen molar-refractivity contribution in [3.05, 3.63) is 103 Å². The number of benzene rings is 2. The van der Waals surface area contributed by atoms with Gasteiger partial charge in [0.05, 0.1) is 18.1 Å². The molecule has 5 nitrogen and oxygen atoms in total. The van der Waals surface area contributed by atoms with E-state index in [-0.39, 0.29) is 0 Å². The van der Waals surface area contributed by atoms with Crippen LogP contribution in [0.5, 0.6) is 0 Å². The quantitative estimate of drug-likeness (QED) is 0.409. The van der Waals surface area contributed by atoms with Crippen molar-refractivity contribution in [1.29, 1.82) is 0 Å². The molecule has 0 unspecified atom stereocenters. The van der Waals surface area contributed by atoms with Crippen LogP contribution in [0.25, 0.3) is 33.2 Å². The third-order valence-electron chi connectivity index (χ3n) is 5.29. The van der Waals surface area contributed by atoms with Gasteiger partial charge < -0.3 is 5.32 Å². The molecule has 1 N–H and O–H groups in total. The van der Waals surface area contributed by atoms with Crippen molar-refractivity contribution >= 4 is 16.6 Å². The molecule has 0 aliphatic heterocycles. The van der Waals surface area contributed by atoms with E-state index < -0.39 is 0 Å². The Morgan fingerprint density at radius 3 is 2.45 bits per heavy atom. The Kier molecular flexibility index (Phi) is 5.07. The van der Waals surface area contributed by atoms with E-state index in [0.29, 0.717) is 6.54 Å². The molecule has 0 saturated carbocycles. The molecule has 0 spiro atoms. The van der Waals surface area contributed by atoms with Crippen molar-refractivity contribution in [1.82, 2.24) is 20.2 Å². The normalized spacial score (nSPS) is 10.9. The van der Waals surface area contributed by atoms with Gasteiger partial charge in [-0.15, -0.1) is 0 Å². The lowest BCUT2D eigenvalue weighted by atomic mass is 10.0. The molecule has 0 fully saturated rings. The number of aromatic nitrogens is 4. The Morgan fingerprint density at radius 1 is 0.742 bits per heavy atom. The third kappa shape index (κ3) is 4.12. The third-order valence-corrected chi connectivity index (χ3v) is 5.29. The summed E-state index contributed by atoms with van der Waals surface area (Å²) >= 11 is 0. The highest BCUT2D eigenvalue weighted by atomic mass is 15.1. The highest BCUT2D eigenvalue weighted by molar-refractivity contribution is 5.93. The molecule has 0 bridgehead atoms. The van der Waals surface area contributed by atoms with Gasteiger partial charge in [-0.05, 0) is 47.2 Å². The van der Waals surface area contributed by atoms with Crippen LogP contribution in [0.3, 0.4) is 0 Å². The lowest BCUT2D eigenvalue weighted by Gasteiger charge is -2.10. The van der Waals surface area contributed by atoms with E-state index in [1.165, 1.54) is 22.3 Å². The molecule has 5 aromatic rings. The minimum absolute atomic E-state index is 0.691. The summed E-state index contributed by atoms with van der Waals surface area (Å²) in [5.74, 6) is 0.826. The topological polar surface area (TPSA) is 63.6 Å². The molecule has 0 atom stereocenters. The first-order chi connectivity index (χ1) is 15.3. The maximum Gasteiger partial charge on any atom is 0.135 e. The van der Waals surface area contributed by atoms with E-state index in [4.69, 9.17) is 0 Å². The summed E-state index contributed by atoms with van der Waals surface area (Å²) in [7, 11) is 0. The molecular weight excluding hydrogens is 382 g/mol. The van der Waals surface area contributed by atoms with Crippen LogP contribution >= 0.6 is 0 Å². The summed E-state index contributed by atoms with van der Waals surface area (Å²) in [6.45, 7) is 2.81. The van der Waals surface area contributed by atoms with E-state index in [9.17, 15) is 0 Å². The monoisotopic (exact) mass is 403 g/mol. The highest BCUT2D eigenvalue weighted by Gasteiger charge is 2.07. The van der Waals surface area contributed by atoms with Gasteiger partial charge in [0.1, 0.15) is 5.82 Å². The Bertz CT molecular complexity index is 1330. The fraction of sp³-hybridized carbons (Fsp3) is 0.0769. The van der Waals surface area contributed by atoms with E-state index in [1.54, 1.807) is 12.4 Å². The van der Waals surface area contributed by atoms with Crippen LogP contribution in [0, 0.1) is 6.92 Å². The van der Waals surface area contributed by atoms with E-state index in [2.05, 4.69) is 87.0 Å². The zero-order chi connectivity index (χ0) is 21.0. The number of nitrogens with one attached hydrogen (secondary N) is 1. The molecule has 0 aliphatic rings. The number of pyridine rings is 2. The number of aryl methyl sites for hydroxylation is 1. The summed E-state index contributed by atoms with van der Waals surface area (Å²) in [5, 5.41) is 13.3. The molecular formula is C26H21N5. The second kappa shape index (κ2) is 8.32. The first kappa shape index (κ1) is 18.9. The standard InChI is InChI=1S/C26H21N5/c1-18-3-2-4-21(13-18)20-7-5-19(6-8-20)15-29-26-24-17-28-25(14-22(24)9-11-27-26)23-10-12-30-31-16-23/h2-14,16-17H,15H2,1H3,(H,27,29). The zero-order valence-corrected chi connectivity index (χ0v) is 17.2. The molecule has 150 valence electrons. The zero-order valence-electron chi connectivity index (χ0n) is 17.2. The molecule has 5 rings (SSSR count). The van der Waals surface area contributed by atoms with Gasteiger partial charge in [0.2, 0.25) is 0 Å². The van der Waals surface area contributed by atoms with Crippen LogP contribution in [0.2, 0.25) is 0 Å². The van der Waals surface area contributed by atoms with Crippen LogP contribution in [-0.4, -0.2) is 20.2 Å². The first-order valence-corrected chi connectivity index (χ1v) is 10.2. The molecule has 5 heteroatoms. The molecule has 0 amide bonds. The van der Waals surface area contributed by atoms with Crippen LogP contribution < -0.4 is 5.32 Å². The first-order valence-electron chi connectivity index (χ1n) is 10.2. The van der Waals surface area contributed by atoms with Gasteiger partial charge in [0.15, 0.2) is 0 Å². The molecule has 3 aromatic heterocycles. The largest absolute Gasteiger partial charge is 0.365 e. The smallest absolute Gasteiger partial charge is 0.135 e. The lowest BCUT2D eigenvalue weighted by Crippen LogP contribution is -2.02. The average molecular weight is 403 g/mol. The maximum absolute atomic E-state index is 4.60. The highest BCUT2D eigenvalue weighted by Crippen LogP contribution is 2.26. The van der Waals surface area contributed by atoms with Gasteiger partial charge in [-0.1, -0.05) is 54.1 Å². The molecule has 0 aliphatic carbocycles. The van der Waals surface area contributed by atoms with Gasteiger partial charge in [-0.3, -0.25) is 4.98 Å². The van der Waals surface area contributed by atoms with E-state index in [0.717, 1.165) is 27.8 Å². The van der Waals surface area contributed by atoms with Gasteiger partial charge in [-0.2, -0.15) is 10.2 Å². The van der Waals surface area contributed by atoms with Crippen LogP contribution in [-0.2, 0) is 6.54 Å². The lowest BCUT2D eigenvalue weighted by molar-refractivity contribution is 1.03. The molecule has 0 radical (unpaired) electrons. The van der Waals surface area contributed by atoms with Gasteiger partial charge in [0, 0.05) is 29.9 Å². The minimum atomic E-state index is 0.691. The van der Waals surface area contributed by atoms with Crippen molar-refractivity contribution in [2.45, 2.75) is 13.5 Å². The van der Waals surface area contributed by atoms with Gasteiger partial charge >= 0.3 is 0 Å². The number of nitrogens with zero attached hydrogens (tertiary/aromatic N) is 4. The Labute approximate surface area is 180 Å². The summed E-state index contributed by atoms with van der Waals surface area (Å²) in [6.07, 6.45) is 7.07. The fourth-order valence-corrected chi connectivity index (χ4v) is 3.63. The van der Waals surface area contributed by atoms with E-state index >= 15 is 0 Å². The second-order valence-electron chi connectivity index (χ2n) is 7.50. The van der Waals surface area contributed by atoms with Crippen LogP contribution in [0.15, 0.2) is 91.5 Å². The molecule has 3 heterocycles. The van der Waals surface area contributed by atoms with E-state index in [1.807, 2.05) is 24.5 Å². The predicted octanol–water partition coefficient (Wildman–Crippen LogP) is 5.67. The summed E-state index contributed by atoms with van der Waals surface area (Å²) < 4.78 is 0. The van der Waals surface area contributed by atoms with Crippen LogP contribution in [0.4, 0.5) is 5.82 Å².